The van der Waals surface area contributed by atoms with Crippen LogP contribution >= 0.6 is 11.3 Å². The zero-order valence-corrected chi connectivity index (χ0v) is 26.8. The van der Waals surface area contributed by atoms with E-state index in [0.29, 0.717) is 45.3 Å². The minimum atomic E-state index is -0.801. The van der Waals surface area contributed by atoms with Gasteiger partial charge in [0, 0.05) is 29.2 Å². The van der Waals surface area contributed by atoms with Crippen molar-refractivity contribution in [3.05, 3.63) is 112 Å². The van der Waals surface area contributed by atoms with Crippen LogP contribution in [-0.4, -0.2) is 39.8 Å². The molecule has 0 saturated carbocycles. The van der Waals surface area contributed by atoms with Gasteiger partial charge in [-0.15, -0.1) is 0 Å². The summed E-state index contributed by atoms with van der Waals surface area (Å²) in [4.78, 5) is 43.3. The summed E-state index contributed by atoms with van der Waals surface area (Å²) in [7, 11) is 0. The number of fused-ring (bicyclic) bond motifs is 1. The van der Waals surface area contributed by atoms with Gasteiger partial charge in [0.05, 0.1) is 46.6 Å². The molecule has 45 heavy (non-hydrogen) atoms. The molecule has 0 unspecified atom stereocenters. The predicted octanol–water partition coefficient (Wildman–Crippen LogP) is 4.91. The van der Waals surface area contributed by atoms with Crippen molar-refractivity contribution in [3.8, 4) is 17.2 Å². The number of benzene rings is 2. The first kappa shape index (κ1) is 31.5. The van der Waals surface area contributed by atoms with Crippen molar-refractivity contribution in [2.45, 2.75) is 47.6 Å². The molecule has 1 aliphatic rings. The molecule has 0 bridgehead atoms. The van der Waals surface area contributed by atoms with Crippen molar-refractivity contribution in [2.24, 2.45) is 4.99 Å². The molecule has 2 aromatic heterocycles. The van der Waals surface area contributed by atoms with E-state index in [1.54, 1.807) is 38.1 Å². The molecular formula is C33H34N4O7S. The van der Waals surface area contributed by atoms with Gasteiger partial charge in [0.2, 0.25) is 0 Å². The molecule has 0 amide bonds. The van der Waals surface area contributed by atoms with Crippen LogP contribution in [0.15, 0.2) is 69.6 Å². The zero-order chi connectivity index (χ0) is 32.4. The van der Waals surface area contributed by atoms with Crippen LogP contribution in [0.5, 0.6) is 11.5 Å². The maximum absolute atomic E-state index is 14.2. The van der Waals surface area contributed by atoms with Crippen LogP contribution in [0, 0.1) is 24.0 Å². The first-order valence-corrected chi connectivity index (χ1v) is 15.4. The van der Waals surface area contributed by atoms with Crippen LogP contribution in [0.3, 0.4) is 0 Å². The van der Waals surface area contributed by atoms with Gasteiger partial charge in [0.1, 0.15) is 0 Å². The predicted molar refractivity (Wildman–Crippen MR) is 171 cm³/mol. The Labute approximate surface area is 263 Å². The highest BCUT2D eigenvalue weighted by molar-refractivity contribution is 7.07. The number of carbonyl (C=O) groups excluding carboxylic acids is 1. The van der Waals surface area contributed by atoms with Crippen LogP contribution in [0.25, 0.3) is 11.8 Å². The molecule has 0 aliphatic carbocycles. The lowest BCUT2D eigenvalue weighted by Crippen LogP contribution is -2.40. The van der Waals surface area contributed by atoms with Gasteiger partial charge in [-0.05, 0) is 89.1 Å². The van der Waals surface area contributed by atoms with E-state index >= 15 is 0 Å². The lowest BCUT2D eigenvalue weighted by atomic mass is 9.95. The molecule has 0 radical (unpaired) electrons. The average molecular weight is 631 g/mol. The van der Waals surface area contributed by atoms with Gasteiger partial charge in [0.25, 0.3) is 11.2 Å². The normalized spacial score (nSPS) is 14.6. The number of non-ortho nitro benzene ring substituents is 1. The smallest absolute Gasteiger partial charge is 0.338 e. The standard InChI is InChI=1S/C33H34N4O7S/c1-7-42-26-15-10-22(17-27(26)43-8-2)30-29(32(39)44-9-3)20(5)34-33-36(30)31(38)28(45-33)18-23-16-19(4)35(21(23)6)24-11-13-25(14-12-24)37(40)41/h10-18,30H,7-9H2,1-6H3/b28-18-/t30-/m0/s1. The number of ether oxygens (including phenoxy) is 3. The lowest BCUT2D eigenvalue weighted by molar-refractivity contribution is -0.384. The number of nitro groups is 1. The molecular weight excluding hydrogens is 596 g/mol. The molecule has 11 nitrogen and oxygen atoms in total. The second-order valence-electron chi connectivity index (χ2n) is 10.3. The number of esters is 1. The Morgan fingerprint density at radius 3 is 2.33 bits per heavy atom. The maximum atomic E-state index is 14.2. The van der Waals surface area contributed by atoms with Crippen LogP contribution in [0.1, 0.15) is 56.3 Å². The summed E-state index contributed by atoms with van der Waals surface area (Å²) in [6.07, 6.45) is 1.82. The lowest BCUT2D eigenvalue weighted by Gasteiger charge is -2.25. The molecule has 1 atom stereocenters. The van der Waals surface area contributed by atoms with Crippen molar-refractivity contribution in [3.63, 3.8) is 0 Å². The molecule has 0 fully saturated rings. The van der Waals surface area contributed by atoms with E-state index in [0.717, 1.165) is 22.6 Å². The molecule has 3 heterocycles. The summed E-state index contributed by atoms with van der Waals surface area (Å²) in [5.41, 5.74) is 4.45. The monoisotopic (exact) mass is 630 g/mol. The van der Waals surface area contributed by atoms with Gasteiger partial charge in [-0.1, -0.05) is 17.4 Å². The fraction of sp³-hybridized carbons (Fsp3) is 0.303. The van der Waals surface area contributed by atoms with Crippen molar-refractivity contribution in [2.75, 3.05) is 19.8 Å². The summed E-state index contributed by atoms with van der Waals surface area (Å²) >= 11 is 1.24. The second-order valence-corrected chi connectivity index (χ2v) is 11.3. The third-order valence-corrected chi connectivity index (χ3v) is 8.46. The number of thiazole rings is 1. The fourth-order valence-electron chi connectivity index (χ4n) is 5.54. The summed E-state index contributed by atoms with van der Waals surface area (Å²) in [6.45, 7) is 12.1. The van der Waals surface area contributed by atoms with E-state index in [2.05, 4.69) is 4.99 Å². The maximum Gasteiger partial charge on any atom is 0.338 e. The van der Waals surface area contributed by atoms with Crippen LogP contribution in [0.2, 0.25) is 0 Å². The Balaban J connectivity index is 1.67. The van der Waals surface area contributed by atoms with Crippen LogP contribution < -0.4 is 24.4 Å². The SMILES string of the molecule is CCOC(=O)C1=C(C)N=c2s/c(=C\c3cc(C)n(-c4ccc([N+](=O)[O-])cc4)c3C)c(=O)n2[C@H]1c1ccc(OCC)c(OCC)c1. The van der Waals surface area contributed by atoms with E-state index in [-0.39, 0.29) is 23.4 Å². The van der Waals surface area contributed by atoms with E-state index in [9.17, 15) is 19.7 Å². The highest BCUT2D eigenvalue weighted by Crippen LogP contribution is 2.36. The van der Waals surface area contributed by atoms with Crippen molar-refractivity contribution >= 4 is 29.1 Å². The molecule has 0 spiro atoms. The molecule has 1 aliphatic heterocycles. The van der Waals surface area contributed by atoms with Gasteiger partial charge in [-0.25, -0.2) is 9.79 Å². The van der Waals surface area contributed by atoms with Gasteiger partial charge in [-0.2, -0.15) is 0 Å². The number of nitro benzene ring substituents is 1. The topological polar surface area (TPSA) is 127 Å². The van der Waals surface area contributed by atoms with Crippen LogP contribution in [-0.2, 0) is 9.53 Å². The van der Waals surface area contributed by atoms with Gasteiger partial charge >= 0.3 is 5.97 Å². The third-order valence-electron chi connectivity index (χ3n) is 7.48. The summed E-state index contributed by atoms with van der Waals surface area (Å²) in [5.74, 6) is 0.532. The molecule has 12 heteroatoms. The average Bonchev–Trinajstić information content (AvgIpc) is 3.46. The number of aromatic nitrogens is 2. The number of hydrogen-bond acceptors (Lipinski definition) is 9. The Morgan fingerprint density at radius 2 is 1.69 bits per heavy atom. The van der Waals surface area contributed by atoms with E-state index in [4.69, 9.17) is 14.2 Å². The molecule has 2 aromatic carbocycles. The first-order valence-electron chi connectivity index (χ1n) is 14.6. The fourth-order valence-corrected chi connectivity index (χ4v) is 6.58. The van der Waals surface area contributed by atoms with E-state index in [1.807, 2.05) is 50.5 Å². The van der Waals surface area contributed by atoms with Gasteiger partial charge in [0.15, 0.2) is 16.3 Å². The number of rotatable bonds is 10. The van der Waals surface area contributed by atoms with E-state index in [1.165, 1.54) is 28.0 Å². The zero-order valence-electron chi connectivity index (χ0n) is 25.9. The Hall–Kier alpha value is -4.97. The van der Waals surface area contributed by atoms with Crippen molar-refractivity contribution < 1.29 is 23.9 Å². The van der Waals surface area contributed by atoms with Crippen molar-refractivity contribution in [1.29, 1.82) is 0 Å². The van der Waals surface area contributed by atoms with E-state index < -0.39 is 16.9 Å². The largest absolute Gasteiger partial charge is 0.490 e. The second kappa shape index (κ2) is 12.9. The van der Waals surface area contributed by atoms with Crippen molar-refractivity contribution in [1.82, 2.24) is 9.13 Å². The third kappa shape index (κ3) is 5.93. The highest BCUT2D eigenvalue weighted by Gasteiger charge is 2.34. The Bertz CT molecular complexity index is 2000. The highest BCUT2D eigenvalue weighted by atomic mass is 32.1. The number of aryl methyl sites for hydroxylation is 1. The molecule has 0 saturated heterocycles. The minimum Gasteiger partial charge on any atom is -0.490 e. The molecule has 4 aromatic rings. The van der Waals surface area contributed by atoms with Gasteiger partial charge in [-0.3, -0.25) is 19.5 Å². The molecule has 234 valence electrons. The minimum absolute atomic E-state index is 0.00971. The number of allylic oxidation sites excluding steroid dienone is 1. The first-order chi connectivity index (χ1) is 21.6. The number of nitrogens with zero attached hydrogens (tertiary/aromatic N) is 4. The molecule has 0 N–H and O–H groups in total. The summed E-state index contributed by atoms with van der Waals surface area (Å²) < 4.78 is 21.0. The summed E-state index contributed by atoms with van der Waals surface area (Å²) in [6, 6.07) is 12.9. The number of hydrogen-bond donors (Lipinski definition) is 0. The molecule has 5 rings (SSSR count). The van der Waals surface area contributed by atoms with Gasteiger partial charge < -0.3 is 18.8 Å². The Kier molecular flexibility index (Phi) is 9.05. The van der Waals surface area contributed by atoms with Crippen LogP contribution in [0.4, 0.5) is 5.69 Å². The quantitative estimate of drug-likeness (QED) is 0.138. The Morgan fingerprint density at radius 1 is 1.00 bits per heavy atom. The number of carbonyl (C=O) groups is 1. The summed E-state index contributed by atoms with van der Waals surface area (Å²) in [5, 5.41) is 11.1.